The molecule has 3 aromatic carbocycles. The van der Waals surface area contributed by atoms with Crippen molar-refractivity contribution in [1.29, 1.82) is 5.26 Å². The van der Waals surface area contributed by atoms with E-state index >= 15 is 0 Å². The maximum atomic E-state index is 11.8. The van der Waals surface area contributed by atoms with Crippen LogP contribution in [0.1, 0.15) is 22.7 Å². The van der Waals surface area contributed by atoms with Gasteiger partial charge in [0.1, 0.15) is 18.4 Å². The van der Waals surface area contributed by atoms with Crippen LogP contribution < -0.4 is 15.8 Å². The van der Waals surface area contributed by atoms with Gasteiger partial charge in [0.05, 0.1) is 11.6 Å². The third-order valence-corrected chi connectivity index (χ3v) is 4.04. The van der Waals surface area contributed by atoms with E-state index in [-0.39, 0.29) is 0 Å². The zero-order valence-corrected chi connectivity index (χ0v) is 14.6. The number of carbonyl (C=O) groups excluding carboxylic acids is 1. The molecule has 0 saturated heterocycles. The van der Waals surface area contributed by atoms with Crippen molar-refractivity contribution in [3.63, 3.8) is 0 Å². The molecule has 3 aromatic rings. The predicted octanol–water partition coefficient (Wildman–Crippen LogP) is 3.78. The molecule has 134 valence electrons. The monoisotopic (exact) mass is 357 g/mol. The Kier molecular flexibility index (Phi) is 5.70. The molecule has 0 bridgehead atoms. The number of hydrogen-bond donors (Lipinski definition) is 2. The van der Waals surface area contributed by atoms with E-state index < -0.39 is 11.9 Å². The Morgan fingerprint density at radius 1 is 1.04 bits per heavy atom. The van der Waals surface area contributed by atoms with Gasteiger partial charge in [0, 0.05) is 5.69 Å². The summed E-state index contributed by atoms with van der Waals surface area (Å²) in [6.07, 6.45) is 0. The molecule has 0 aliphatic carbocycles. The summed E-state index contributed by atoms with van der Waals surface area (Å²) in [6.45, 7) is 0.371. The third-order valence-electron chi connectivity index (χ3n) is 4.04. The minimum Gasteiger partial charge on any atom is -0.489 e. The fourth-order valence-electron chi connectivity index (χ4n) is 2.68. The quantitative estimate of drug-likeness (QED) is 0.673. The summed E-state index contributed by atoms with van der Waals surface area (Å²) in [7, 11) is 0. The van der Waals surface area contributed by atoms with Crippen LogP contribution in [0.2, 0.25) is 0 Å². The molecule has 0 radical (unpaired) electrons. The molecule has 27 heavy (non-hydrogen) atoms. The van der Waals surface area contributed by atoms with Gasteiger partial charge in [-0.25, -0.2) is 0 Å². The maximum Gasteiger partial charge on any atom is 0.244 e. The second-order valence-electron chi connectivity index (χ2n) is 6.02. The normalized spacial score (nSPS) is 11.2. The van der Waals surface area contributed by atoms with Crippen LogP contribution in [0.25, 0.3) is 0 Å². The van der Waals surface area contributed by atoms with Gasteiger partial charge in [-0.3, -0.25) is 4.79 Å². The van der Waals surface area contributed by atoms with Gasteiger partial charge >= 0.3 is 0 Å². The summed E-state index contributed by atoms with van der Waals surface area (Å²) in [4.78, 5) is 11.8. The lowest BCUT2D eigenvalue weighted by molar-refractivity contribution is -0.118. The highest BCUT2D eigenvalue weighted by Crippen LogP contribution is 2.22. The largest absolute Gasteiger partial charge is 0.489 e. The van der Waals surface area contributed by atoms with E-state index in [1.807, 2.05) is 66.7 Å². The third kappa shape index (κ3) is 4.86. The minimum atomic E-state index is -0.605. The van der Waals surface area contributed by atoms with Gasteiger partial charge in [-0.05, 0) is 47.5 Å². The van der Waals surface area contributed by atoms with Crippen LogP contribution in [0.4, 0.5) is 5.69 Å². The number of carbonyl (C=O) groups is 1. The van der Waals surface area contributed by atoms with Crippen molar-refractivity contribution in [2.45, 2.75) is 12.6 Å². The summed E-state index contributed by atoms with van der Waals surface area (Å²) < 4.78 is 5.75. The summed E-state index contributed by atoms with van der Waals surface area (Å²) in [5.41, 5.74) is 8.64. The van der Waals surface area contributed by atoms with Gasteiger partial charge in [-0.15, -0.1) is 0 Å². The molecule has 3 rings (SSSR count). The molecule has 0 aromatic heterocycles. The van der Waals surface area contributed by atoms with Crippen LogP contribution in [0.15, 0.2) is 78.9 Å². The highest BCUT2D eigenvalue weighted by atomic mass is 16.5. The molecule has 5 heteroatoms. The van der Waals surface area contributed by atoms with Crippen molar-refractivity contribution in [2.75, 3.05) is 5.32 Å². The molecule has 0 aliphatic heterocycles. The molecular formula is C22H19N3O2. The maximum absolute atomic E-state index is 11.8. The van der Waals surface area contributed by atoms with Crippen molar-refractivity contribution < 1.29 is 9.53 Å². The molecule has 0 aliphatic rings. The zero-order valence-electron chi connectivity index (χ0n) is 14.6. The van der Waals surface area contributed by atoms with Crippen LogP contribution in [-0.4, -0.2) is 5.91 Å². The summed E-state index contributed by atoms with van der Waals surface area (Å²) in [5.74, 6) is 0.247. The fraction of sp³-hybridized carbons (Fsp3) is 0.0909. The molecule has 0 saturated carbocycles. The average Bonchev–Trinajstić information content (AvgIpc) is 2.72. The number of anilines is 1. The lowest BCUT2D eigenvalue weighted by Gasteiger charge is -2.17. The molecule has 3 N–H and O–H groups in total. The molecule has 0 heterocycles. The van der Waals surface area contributed by atoms with E-state index in [1.165, 1.54) is 0 Å². The van der Waals surface area contributed by atoms with Crippen LogP contribution in [0, 0.1) is 11.3 Å². The topological polar surface area (TPSA) is 88.1 Å². The number of benzene rings is 3. The molecule has 1 atom stereocenters. The Balaban J connectivity index is 1.64. The number of primary amides is 1. The summed E-state index contributed by atoms with van der Waals surface area (Å²) >= 11 is 0. The molecule has 0 fully saturated rings. The van der Waals surface area contributed by atoms with Crippen molar-refractivity contribution in [1.82, 2.24) is 0 Å². The first-order valence-corrected chi connectivity index (χ1v) is 8.48. The molecule has 0 spiro atoms. The lowest BCUT2D eigenvalue weighted by atomic mass is 10.1. The van der Waals surface area contributed by atoms with Gasteiger partial charge in [-0.1, -0.05) is 42.5 Å². The molecule has 1 amide bonds. The number of nitrogens with two attached hydrogens (primary N) is 1. The fourth-order valence-corrected chi connectivity index (χ4v) is 2.68. The second kappa shape index (κ2) is 8.54. The number of hydrogen-bond acceptors (Lipinski definition) is 4. The van der Waals surface area contributed by atoms with E-state index in [0.717, 1.165) is 16.8 Å². The van der Waals surface area contributed by atoms with E-state index in [9.17, 15) is 4.79 Å². The highest BCUT2D eigenvalue weighted by Gasteiger charge is 2.17. The molecular weight excluding hydrogens is 338 g/mol. The summed E-state index contributed by atoms with van der Waals surface area (Å²) in [5, 5.41) is 12.1. The molecule has 1 unspecified atom stereocenters. The number of ether oxygens (including phenoxy) is 1. The highest BCUT2D eigenvalue weighted by molar-refractivity contribution is 5.84. The number of nitriles is 1. The number of nitrogens with zero attached hydrogens (tertiary/aromatic N) is 1. The van der Waals surface area contributed by atoms with E-state index in [4.69, 9.17) is 15.7 Å². The Morgan fingerprint density at radius 3 is 2.44 bits per heavy atom. The van der Waals surface area contributed by atoms with E-state index in [1.54, 1.807) is 12.1 Å². The lowest BCUT2D eigenvalue weighted by Crippen LogP contribution is -2.27. The zero-order chi connectivity index (χ0) is 19.1. The van der Waals surface area contributed by atoms with Crippen LogP contribution >= 0.6 is 0 Å². The second-order valence-corrected chi connectivity index (χ2v) is 6.02. The number of rotatable bonds is 7. The van der Waals surface area contributed by atoms with E-state index in [0.29, 0.717) is 17.9 Å². The number of nitrogens with one attached hydrogen (secondary N) is 1. The van der Waals surface area contributed by atoms with Gasteiger partial charge < -0.3 is 15.8 Å². The average molecular weight is 357 g/mol. The van der Waals surface area contributed by atoms with Crippen molar-refractivity contribution in [2.24, 2.45) is 5.73 Å². The Labute approximate surface area is 158 Å². The minimum absolute atomic E-state index is 0.371. The standard InChI is InChI=1S/C22H19N3O2/c23-14-16-5-4-6-17(13-16)15-27-20-11-9-19(10-12-20)25-21(22(24)26)18-7-2-1-3-8-18/h1-13,21,25H,15H2,(H2,24,26). The van der Waals surface area contributed by atoms with Gasteiger partial charge in [-0.2, -0.15) is 5.26 Å². The Morgan fingerprint density at radius 2 is 1.78 bits per heavy atom. The smallest absolute Gasteiger partial charge is 0.244 e. The SMILES string of the molecule is N#Cc1cccc(COc2ccc(NC(C(N)=O)c3ccccc3)cc2)c1. The Bertz CT molecular complexity index is 947. The van der Waals surface area contributed by atoms with Crippen LogP contribution in [0.3, 0.4) is 0 Å². The van der Waals surface area contributed by atoms with Crippen molar-refractivity contribution >= 4 is 11.6 Å². The van der Waals surface area contributed by atoms with Crippen molar-refractivity contribution in [3.05, 3.63) is 95.6 Å². The van der Waals surface area contributed by atoms with E-state index in [2.05, 4.69) is 11.4 Å². The summed E-state index contributed by atoms with van der Waals surface area (Å²) in [6, 6.07) is 25.4. The van der Waals surface area contributed by atoms with Gasteiger partial charge in [0.25, 0.3) is 0 Å². The predicted molar refractivity (Wildman–Crippen MR) is 104 cm³/mol. The van der Waals surface area contributed by atoms with Crippen molar-refractivity contribution in [3.8, 4) is 11.8 Å². The van der Waals surface area contributed by atoms with Gasteiger partial charge in [0.2, 0.25) is 5.91 Å². The molecule has 5 nitrogen and oxygen atoms in total. The first kappa shape index (κ1) is 18.0. The van der Waals surface area contributed by atoms with Crippen LogP contribution in [-0.2, 0) is 11.4 Å². The first-order chi connectivity index (χ1) is 13.2. The van der Waals surface area contributed by atoms with Crippen LogP contribution in [0.5, 0.6) is 5.75 Å². The van der Waals surface area contributed by atoms with Gasteiger partial charge in [0.15, 0.2) is 0 Å². The first-order valence-electron chi connectivity index (χ1n) is 8.48. The Hall–Kier alpha value is -3.78. The number of amides is 1.